The molecule has 0 spiro atoms. The van der Waals surface area contributed by atoms with Crippen molar-refractivity contribution in [3.8, 4) is 0 Å². The second-order valence-electron chi connectivity index (χ2n) is 6.58. The van der Waals surface area contributed by atoms with Crippen LogP contribution in [0.25, 0.3) is 5.57 Å². The van der Waals surface area contributed by atoms with Crippen LogP contribution < -0.4 is 0 Å². The van der Waals surface area contributed by atoms with Crippen molar-refractivity contribution in [3.63, 3.8) is 0 Å². The molecule has 2 aromatic rings. The van der Waals surface area contributed by atoms with Crippen LogP contribution in [0.15, 0.2) is 54.6 Å². The van der Waals surface area contributed by atoms with E-state index in [0.717, 1.165) is 25.8 Å². The first-order chi connectivity index (χ1) is 11.3. The van der Waals surface area contributed by atoms with Crippen LogP contribution in [-0.4, -0.2) is 30.7 Å². The van der Waals surface area contributed by atoms with Crippen molar-refractivity contribution in [1.29, 1.82) is 0 Å². The van der Waals surface area contributed by atoms with Crippen LogP contribution in [0, 0.1) is 0 Å². The first-order valence-corrected chi connectivity index (χ1v) is 8.54. The van der Waals surface area contributed by atoms with Crippen LogP contribution in [0.5, 0.6) is 0 Å². The second-order valence-corrected chi connectivity index (χ2v) is 6.58. The smallest absolute Gasteiger partial charge is 0.125 e. The van der Waals surface area contributed by atoms with E-state index in [9.17, 15) is 4.39 Å². The highest BCUT2D eigenvalue weighted by Gasteiger charge is 2.25. The molecule has 1 aliphatic carbocycles. The van der Waals surface area contributed by atoms with Gasteiger partial charge in [0.25, 0.3) is 0 Å². The first-order valence-electron chi connectivity index (χ1n) is 8.54. The summed E-state index contributed by atoms with van der Waals surface area (Å²) in [6.45, 7) is 2.17. The molecule has 1 fully saturated rings. The molecule has 1 aliphatic heterocycles. The number of fused-ring (bicyclic) bond motifs is 2. The van der Waals surface area contributed by atoms with Crippen molar-refractivity contribution in [2.75, 3.05) is 19.6 Å². The highest BCUT2D eigenvalue weighted by atomic mass is 19.1. The maximum absolute atomic E-state index is 12.9. The van der Waals surface area contributed by atoms with E-state index >= 15 is 0 Å². The van der Waals surface area contributed by atoms with E-state index in [4.69, 9.17) is 0 Å². The highest BCUT2D eigenvalue weighted by molar-refractivity contribution is 5.83. The van der Waals surface area contributed by atoms with Crippen LogP contribution in [0.1, 0.15) is 28.7 Å². The molecule has 0 saturated carbocycles. The average Bonchev–Trinajstić information content (AvgIpc) is 2.71. The molecule has 2 heteroatoms. The predicted octanol–water partition coefficient (Wildman–Crippen LogP) is 4.26. The van der Waals surface area contributed by atoms with Crippen molar-refractivity contribution in [2.24, 2.45) is 0 Å². The van der Waals surface area contributed by atoms with Gasteiger partial charge in [-0.3, -0.25) is 4.90 Å². The van der Waals surface area contributed by atoms with Gasteiger partial charge in [0.15, 0.2) is 0 Å². The number of halogens is 1. The van der Waals surface area contributed by atoms with Gasteiger partial charge in [0.2, 0.25) is 0 Å². The van der Waals surface area contributed by atoms with Gasteiger partial charge >= 0.3 is 0 Å². The van der Waals surface area contributed by atoms with E-state index in [2.05, 4.69) is 59.5 Å². The van der Waals surface area contributed by atoms with Crippen molar-refractivity contribution < 1.29 is 4.39 Å². The molecule has 0 N–H and O–H groups in total. The van der Waals surface area contributed by atoms with E-state index in [1.54, 1.807) is 0 Å². The fraction of sp³-hybridized carbons (Fsp3) is 0.333. The zero-order valence-corrected chi connectivity index (χ0v) is 13.3. The Morgan fingerprint density at radius 2 is 1.48 bits per heavy atom. The van der Waals surface area contributed by atoms with Gasteiger partial charge in [0.05, 0.1) is 0 Å². The maximum atomic E-state index is 12.9. The van der Waals surface area contributed by atoms with Crippen molar-refractivity contribution in [3.05, 3.63) is 76.9 Å². The molecular weight excluding hydrogens is 285 g/mol. The normalized spacial score (nSPS) is 17.9. The fourth-order valence-electron chi connectivity index (χ4n) is 3.72. The molecule has 0 amide bonds. The van der Waals surface area contributed by atoms with Gasteiger partial charge in [-0.15, -0.1) is 0 Å². The summed E-state index contributed by atoms with van der Waals surface area (Å²) >= 11 is 0. The maximum Gasteiger partial charge on any atom is 0.125 e. The average molecular weight is 307 g/mol. The Kier molecular flexibility index (Phi) is 4.00. The third kappa shape index (κ3) is 2.96. The van der Waals surface area contributed by atoms with Gasteiger partial charge in [-0.25, -0.2) is 4.39 Å². The summed E-state index contributed by atoms with van der Waals surface area (Å²) < 4.78 is 12.9. The molecule has 1 heterocycles. The van der Waals surface area contributed by atoms with Gasteiger partial charge < -0.3 is 0 Å². The number of aryl methyl sites for hydroxylation is 2. The van der Waals surface area contributed by atoms with Gasteiger partial charge in [0, 0.05) is 19.6 Å². The van der Waals surface area contributed by atoms with Crippen molar-refractivity contribution in [2.45, 2.75) is 25.4 Å². The highest BCUT2D eigenvalue weighted by Crippen LogP contribution is 2.33. The summed E-state index contributed by atoms with van der Waals surface area (Å²) in [6.07, 6.45) is 4.92. The summed E-state index contributed by atoms with van der Waals surface area (Å²) in [5, 5.41) is 0. The SMILES string of the molecule is FC1CN(CCC=C2c3ccccc3CCc3ccccc32)C1. The topological polar surface area (TPSA) is 3.24 Å². The van der Waals surface area contributed by atoms with Crippen LogP contribution >= 0.6 is 0 Å². The number of rotatable bonds is 3. The van der Waals surface area contributed by atoms with Crippen LogP contribution in [0.2, 0.25) is 0 Å². The third-order valence-corrected chi connectivity index (χ3v) is 4.99. The lowest BCUT2D eigenvalue weighted by atomic mass is 9.93. The zero-order valence-electron chi connectivity index (χ0n) is 13.3. The quantitative estimate of drug-likeness (QED) is 0.819. The number of likely N-dealkylation sites (tertiary alicyclic amines) is 1. The van der Waals surface area contributed by atoms with Gasteiger partial charge in [-0.1, -0.05) is 54.6 Å². The molecule has 1 nitrogen and oxygen atoms in total. The fourth-order valence-corrected chi connectivity index (χ4v) is 3.72. The molecule has 4 rings (SSSR count). The summed E-state index contributed by atoms with van der Waals surface area (Å²) in [5.74, 6) is 0. The molecule has 118 valence electrons. The Balaban J connectivity index is 1.65. The monoisotopic (exact) mass is 307 g/mol. The number of alkyl halides is 1. The van der Waals surface area contributed by atoms with Crippen molar-refractivity contribution in [1.82, 2.24) is 4.90 Å². The van der Waals surface area contributed by atoms with Gasteiger partial charge in [0.1, 0.15) is 6.17 Å². The Hall–Kier alpha value is -1.93. The Labute approximate surface area is 137 Å². The minimum absolute atomic E-state index is 0.607. The summed E-state index contributed by atoms with van der Waals surface area (Å²) in [7, 11) is 0. The number of benzene rings is 2. The predicted molar refractivity (Wildman–Crippen MR) is 93.3 cm³/mol. The molecule has 23 heavy (non-hydrogen) atoms. The lowest BCUT2D eigenvalue weighted by molar-refractivity contribution is 0.0677. The third-order valence-electron chi connectivity index (χ3n) is 4.99. The minimum Gasteiger partial charge on any atom is -0.297 e. The first kappa shape index (κ1) is 14.6. The lowest BCUT2D eigenvalue weighted by Gasteiger charge is -2.33. The summed E-state index contributed by atoms with van der Waals surface area (Å²) in [5.41, 5.74) is 6.95. The summed E-state index contributed by atoms with van der Waals surface area (Å²) in [4.78, 5) is 2.19. The van der Waals surface area contributed by atoms with E-state index in [1.165, 1.54) is 27.8 Å². The van der Waals surface area contributed by atoms with E-state index in [1.807, 2.05) is 0 Å². The molecule has 0 atom stereocenters. The Morgan fingerprint density at radius 3 is 2.04 bits per heavy atom. The molecule has 0 bridgehead atoms. The summed E-state index contributed by atoms with van der Waals surface area (Å²) in [6, 6.07) is 17.5. The van der Waals surface area contributed by atoms with Crippen LogP contribution in [-0.2, 0) is 12.8 Å². The lowest BCUT2D eigenvalue weighted by Crippen LogP contribution is -2.48. The van der Waals surface area contributed by atoms with Crippen LogP contribution in [0.3, 0.4) is 0 Å². The molecule has 0 unspecified atom stereocenters. The molecule has 1 saturated heterocycles. The van der Waals surface area contributed by atoms with E-state index in [0.29, 0.717) is 13.1 Å². The van der Waals surface area contributed by atoms with Crippen molar-refractivity contribution >= 4 is 5.57 Å². The van der Waals surface area contributed by atoms with E-state index < -0.39 is 6.17 Å². The van der Waals surface area contributed by atoms with Gasteiger partial charge in [-0.05, 0) is 47.1 Å². The molecule has 0 aromatic heterocycles. The second kappa shape index (κ2) is 6.29. The zero-order chi connectivity index (χ0) is 15.6. The minimum atomic E-state index is -0.609. The molecular formula is C21H22FN. The molecule has 0 radical (unpaired) electrons. The molecule has 2 aliphatic rings. The number of hydrogen-bond donors (Lipinski definition) is 0. The van der Waals surface area contributed by atoms with Crippen LogP contribution in [0.4, 0.5) is 4.39 Å². The Bertz CT molecular complexity index is 679. The van der Waals surface area contributed by atoms with E-state index in [-0.39, 0.29) is 0 Å². The van der Waals surface area contributed by atoms with Gasteiger partial charge in [-0.2, -0.15) is 0 Å². The number of hydrogen-bond acceptors (Lipinski definition) is 1. The standard InChI is InChI=1S/C21H22FN/c22-18-14-23(15-18)13-5-10-21-19-8-3-1-6-16(19)11-12-17-7-2-4-9-20(17)21/h1-4,6-10,18H,5,11-15H2. The molecule has 2 aromatic carbocycles. The number of nitrogens with zero attached hydrogens (tertiary/aromatic N) is 1. The largest absolute Gasteiger partial charge is 0.297 e. The Morgan fingerprint density at radius 1 is 0.913 bits per heavy atom.